The molecule has 114 valence electrons. The quantitative estimate of drug-likeness (QED) is 0.911. The molecule has 0 atom stereocenters. The second-order valence-electron chi connectivity index (χ2n) is 6.11. The fourth-order valence-corrected chi connectivity index (χ4v) is 3.30. The summed E-state index contributed by atoms with van der Waals surface area (Å²) in [7, 11) is 0. The summed E-state index contributed by atoms with van der Waals surface area (Å²) in [5.41, 5.74) is 1.36. The van der Waals surface area contributed by atoms with Crippen LogP contribution in [-0.4, -0.2) is 55.0 Å². The third-order valence-corrected chi connectivity index (χ3v) is 4.62. The monoisotopic (exact) mass is 287 g/mol. The molecule has 0 unspecified atom stereocenters. The van der Waals surface area contributed by atoms with Gasteiger partial charge in [-0.15, -0.1) is 0 Å². The number of benzene rings is 1. The van der Waals surface area contributed by atoms with Crippen LogP contribution in [0, 0.1) is 5.92 Å². The molecule has 2 heterocycles. The van der Waals surface area contributed by atoms with Crippen molar-refractivity contribution in [1.29, 1.82) is 0 Å². The summed E-state index contributed by atoms with van der Waals surface area (Å²) in [4.78, 5) is 17.0. The van der Waals surface area contributed by atoms with Crippen LogP contribution in [0.5, 0.6) is 0 Å². The number of rotatable bonds is 3. The largest absolute Gasteiger partial charge is 0.340 e. The van der Waals surface area contributed by atoms with Crippen LogP contribution < -0.4 is 5.32 Å². The normalized spacial score (nSPS) is 21.4. The maximum atomic E-state index is 12.5. The van der Waals surface area contributed by atoms with E-state index in [1.165, 1.54) is 5.56 Å². The highest BCUT2D eigenvalue weighted by Crippen LogP contribution is 2.17. The molecule has 1 aromatic rings. The molecule has 0 aliphatic carbocycles. The lowest BCUT2D eigenvalue weighted by atomic mass is 9.96. The molecule has 2 saturated heterocycles. The van der Waals surface area contributed by atoms with Crippen molar-refractivity contribution >= 4 is 5.91 Å². The Morgan fingerprint density at radius 3 is 2.38 bits per heavy atom. The van der Waals surface area contributed by atoms with Gasteiger partial charge in [-0.1, -0.05) is 30.3 Å². The number of piperazine rings is 1. The van der Waals surface area contributed by atoms with E-state index in [4.69, 9.17) is 0 Å². The van der Waals surface area contributed by atoms with Gasteiger partial charge in [0.05, 0.1) is 0 Å². The first-order valence-corrected chi connectivity index (χ1v) is 8.09. The van der Waals surface area contributed by atoms with Crippen molar-refractivity contribution in [2.45, 2.75) is 19.4 Å². The Labute approximate surface area is 127 Å². The van der Waals surface area contributed by atoms with E-state index in [0.29, 0.717) is 5.91 Å². The van der Waals surface area contributed by atoms with Crippen LogP contribution in [0.1, 0.15) is 18.4 Å². The van der Waals surface area contributed by atoms with Gasteiger partial charge in [0.15, 0.2) is 0 Å². The standard InChI is InChI=1S/C17H25N3O/c21-17(16-6-8-18-9-7-16)20-12-10-19(11-13-20)14-15-4-2-1-3-5-15/h1-5,16,18H,6-14H2. The lowest BCUT2D eigenvalue weighted by Crippen LogP contribution is -2.51. The Bertz CT molecular complexity index is 448. The minimum atomic E-state index is 0.256. The van der Waals surface area contributed by atoms with Gasteiger partial charge in [-0.2, -0.15) is 0 Å². The Morgan fingerprint density at radius 1 is 1.05 bits per heavy atom. The van der Waals surface area contributed by atoms with Crippen molar-refractivity contribution < 1.29 is 4.79 Å². The van der Waals surface area contributed by atoms with Gasteiger partial charge in [-0.05, 0) is 31.5 Å². The second kappa shape index (κ2) is 7.05. The molecule has 3 rings (SSSR count). The molecule has 0 radical (unpaired) electrons. The van der Waals surface area contributed by atoms with Crippen LogP contribution in [0.15, 0.2) is 30.3 Å². The third kappa shape index (κ3) is 3.83. The molecule has 0 aromatic heterocycles. The number of carbonyl (C=O) groups is 1. The first kappa shape index (κ1) is 14.5. The SMILES string of the molecule is O=C(C1CCNCC1)N1CCN(Cc2ccccc2)CC1. The molecule has 21 heavy (non-hydrogen) atoms. The average molecular weight is 287 g/mol. The Balaban J connectivity index is 1.47. The van der Waals surface area contributed by atoms with Crippen LogP contribution in [-0.2, 0) is 11.3 Å². The smallest absolute Gasteiger partial charge is 0.225 e. The molecule has 4 heteroatoms. The number of piperidine rings is 1. The molecule has 4 nitrogen and oxygen atoms in total. The maximum Gasteiger partial charge on any atom is 0.225 e. The average Bonchev–Trinajstić information content (AvgIpc) is 2.57. The predicted molar refractivity (Wildman–Crippen MR) is 83.9 cm³/mol. The molecule has 1 aromatic carbocycles. The third-order valence-electron chi connectivity index (χ3n) is 4.62. The number of nitrogens with zero attached hydrogens (tertiary/aromatic N) is 2. The van der Waals surface area contributed by atoms with Crippen LogP contribution in [0.2, 0.25) is 0 Å². The summed E-state index contributed by atoms with van der Waals surface area (Å²) in [5.74, 6) is 0.641. The van der Waals surface area contributed by atoms with E-state index in [2.05, 4.69) is 45.4 Å². The summed E-state index contributed by atoms with van der Waals surface area (Å²) < 4.78 is 0. The second-order valence-corrected chi connectivity index (χ2v) is 6.11. The van der Waals surface area contributed by atoms with Gasteiger partial charge in [0.25, 0.3) is 0 Å². The van der Waals surface area contributed by atoms with Gasteiger partial charge in [0.2, 0.25) is 5.91 Å². The molecule has 1 N–H and O–H groups in total. The fourth-order valence-electron chi connectivity index (χ4n) is 3.30. The topological polar surface area (TPSA) is 35.6 Å². The van der Waals surface area contributed by atoms with E-state index in [1.807, 2.05) is 0 Å². The molecular weight excluding hydrogens is 262 g/mol. The number of carbonyl (C=O) groups excluding carboxylic acids is 1. The Hall–Kier alpha value is -1.39. The summed E-state index contributed by atoms with van der Waals surface area (Å²) in [5, 5.41) is 3.33. The summed E-state index contributed by atoms with van der Waals surface area (Å²) in [6.07, 6.45) is 2.01. The fraction of sp³-hybridized carbons (Fsp3) is 0.588. The van der Waals surface area contributed by atoms with Gasteiger partial charge >= 0.3 is 0 Å². The number of hydrogen-bond donors (Lipinski definition) is 1. The van der Waals surface area contributed by atoms with Crippen molar-refractivity contribution in [2.75, 3.05) is 39.3 Å². The zero-order chi connectivity index (χ0) is 14.5. The number of amides is 1. The summed E-state index contributed by atoms with van der Waals surface area (Å²) in [6.45, 7) is 6.73. The molecule has 2 aliphatic rings. The maximum absolute atomic E-state index is 12.5. The lowest BCUT2D eigenvalue weighted by Gasteiger charge is -2.37. The van der Waals surface area contributed by atoms with Crippen LogP contribution in [0.4, 0.5) is 0 Å². The zero-order valence-electron chi connectivity index (χ0n) is 12.6. The van der Waals surface area contributed by atoms with Gasteiger partial charge in [0.1, 0.15) is 0 Å². The molecule has 0 saturated carbocycles. The molecule has 0 spiro atoms. The molecule has 2 fully saturated rings. The van der Waals surface area contributed by atoms with Crippen LogP contribution in [0.3, 0.4) is 0 Å². The first-order chi connectivity index (χ1) is 10.3. The number of hydrogen-bond acceptors (Lipinski definition) is 3. The summed E-state index contributed by atoms with van der Waals surface area (Å²) in [6, 6.07) is 10.6. The molecule has 0 bridgehead atoms. The highest BCUT2D eigenvalue weighted by molar-refractivity contribution is 5.79. The minimum absolute atomic E-state index is 0.256. The van der Waals surface area contributed by atoms with Crippen LogP contribution in [0.25, 0.3) is 0 Å². The highest BCUT2D eigenvalue weighted by Gasteiger charge is 2.28. The molecular formula is C17H25N3O. The Morgan fingerprint density at radius 2 is 1.71 bits per heavy atom. The van der Waals surface area contributed by atoms with E-state index in [-0.39, 0.29) is 5.92 Å². The van der Waals surface area contributed by atoms with E-state index in [9.17, 15) is 4.79 Å². The van der Waals surface area contributed by atoms with Crippen LogP contribution >= 0.6 is 0 Å². The highest BCUT2D eigenvalue weighted by atomic mass is 16.2. The van der Waals surface area contributed by atoms with Gasteiger partial charge in [-0.3, -0.25) is 9.69 Å². The van der Waals surface area contributed by atoms with Gasteiger partial charge in [0, 0.05) is 38.6 Å². The lowest BCUT2D eigenvalue weighted by molar-refractivity contribution is -0.138. The zero-order valence-corrected chi connectivity index (χ0v) is 12.6. The van der Waals surface area contributed by atoms with Crippen molar-refractivity contribution in [3.8, 4) is 0 Å². The van der Waals surface area contributed by atoms with Gasteiger partial charge < -0.3 is 10.2 Å². The number of nitrogens with one attached hydrogen (secondary N) is 1. The van der Waals surface area contributed by atoms with Crippen molar-refractivity contribution in [3.63, 3.8) is 0 Å². The van der Waals surface area contributed by atoms with E-state index >= 15 is 0 Å². The van der Waals surface area contributed by atoms with Crippen molar-refractivity contribution in [1.82, 2.24) is 15.1 Å². The van der Waals surface area contributed by atoms with E-state index < -0.39 is 0 Å². The van der Waals surface area contributed by atoms with Gasteiger partial charge in [-0.25, -0.2) is 0 Å². The minimum Gasteiger partial charge on any atom is -0.340 e. The summed E-state index contributed by atoms with van der Waals surface area (Å²) >= 11 is 0. The molecule has 2 aliphatic heterocycles. The van der Waals surface area contributed by atoms with E-state index in [1.54, 1.807) is 0 Å². The Kier molecular flexibility index (Phi) is 4.88. The molecule has 1 amide bonds. The first-order valence-electron chi connectivity index (χ1n) is 8.09. The predicted octanol–water partition coefficient (Wildman–Crippen LogP) is 1.33. The van der Waals surface area contributed by atoms with Crippen molar-refractivity contribution in [3.05, 3.63) is 35.9 Å². The van der Waals surface area contributed by atoms with Crippen molar-refractivity contribution in [2.24, 2.45) is 5.92 Å². The van der Waals surface area contributed by atoms with E-state index in [0.717, 1.165) is 58.7 Å².